The predicted molar refractivity (Wildman–Crippen MR) is 101 cm³/mol. The number of ether oxygens (including phenoxy) is 2. The minimum atomic E-state index is -4.70. The fourth-order valence-corrected chi connectivity index (χ4v) is 2.35. The summed E-state index contributed by atoms with van der Waals surface area (Å²) in [7, 11) is 1.51. The summed E-state index contributed by atoms with van der Waals surface area (Å²) in [4.78, 5) is 26.3. The number of alkyl halides is 3. The summed E-state index contributed by atoms with van der Waals surface area (Å²) < 4.78 is 48.5. The van der Waals surface area contributed by atoms with Gasteiger partial charge < -0.3 is 20.1 Å². The van der Waals surface area contributed by atoms with Crippen LogP contribution in [-0.2, 0) is 15.7 Å². The van der Waals surface area contributed by atoms with Gasteiger partial charge in [-0.2, -0.15) is 13.2 Å². The molecule has 1 heterocycles. The molecule has 1 aromatic carbocycles. The molecule has 0 radical (unpaired) electrons. The molecule has 0 bridgehead atoms. The van der Waals surface area contributed by atoms with Crippen LogP contribution in [0.5, 0.6) is 5.88 Å². The van der Waals surface area contributed by atoms with Crippen LogP contribution in [-0.4, -0.2) is 42.7 Å². The van der Waals surface area contributed by atoms with Crippen LogP contribution >= 0.6 is 0 Å². The summed E-state index contributed by atoms with van der Waals surface area (Å²) in [5.41, 5.74) is -1.65. The summed E-state index contributed by atoms with van der Waals surface area (Å²) in [5.74, 6) is -0.240. The summed E-state index contributed by atoms with van der Waals surface area (Å²) in [6.07, 6.45) is -3.32. The van der Waals surface area contributed by atoms with Crippen LogP contribution in [0, 0.1) is 10.1 Å². The molecule has 0 saturated carbocycles. The van der Waals surface area contributed by atoms with E-state index in [0.717, 1.165) is 12.1 Å². The van der Waals surface area contributed by atoms with E-state index in [2.05, 4.69) is 15.6 Å². The number of hydrogen-bond donors (Lipinski definition) is 2. The molecule has 1 aromatic heterocycles. The number of nitro benzene ring substituents is 1. The van der Waals surface area contributed by atoms with Crippen LogP contribution in [0.1, 0.15) is 12.0 Å². The van der Waals surface area contributed by atoms with Gasteiger partial charge in [-0.3, -0.25) is 14.9 Å². The third-order valence-corrected chi connectivity index (χ3v) is 3.76. The number of nitrogens with one attached hydrogen (secondary N) is 2. The topological polar surface area (TPSA) is 116 Å². The number of rotatable bonds is 10. The normalized spacial score (nSPS) is 11.1. The molecule has 1 amide bonds. The van der Waals surface area contributed by atoms with Gasteiger partial charge in [0.2, 0.25) is 11.8 Å². The predicted octanol–water partition coefficient (Wildman–Crippen LogP) is 3.47. The molecule has 0 unspecified atom stereocenters. The van der Waals surface area contributed by atoms with E-state index < -0.39 is 28.3 Å². The van der Waals surface area contributed by atoms with E-state index in [-0.39, 0.29) is 31.1 Å². The maximum atomic E-state index is 12.7. The first-order valence-corrected chi connectivity index (χ1v) is 8.68. The van der Waals surface area contributed by atoms with Gasteiger partial charge in [0, 0.05) is 32.3 Å². The van der Waals surface area contributed by atoms with Crippen molar-refractivity contribution < 1.29 is 32.4 Å². The van der Waals surface area contributed by atoms with Crippen LogP contribution in [0.2, 0.25) is 0 Å². The summed E-state index contributed by atoms with van der Waals surface area (Å²) in [5, 5.41) is 16.3. The van der Waals surface area contributed by atoms with E-state index >= 15 is 0 Å². The van der Waals surface area contributed by atoms with Gasteiger partial charge in [-0.25, -0.2) is 4.98 Å². The molecule has 162 valence electrons. The van der Waals surface area contributed by atoms with E-state index in [1.165, 1.54) is 13.3 Å². The maximum Gasteiger partial charge on any atom is 0.416 e. The number of halogens is 3. The molecule has 2 N–H and O–H groups in total. The lowest BCUT2D eigenvalue weighted by atomic mass is 10.1. The van der Waals surface area contributed by atoms with Crippen molar-refractivity contribution in [3.63, 3.8) is 0 Å². The van der Waals surface area contributed by atoms with Gasteiger partial charge in [0.05, 0.1) is 17.1 Å². The van der Waals surface area contributed by atoms with Crippen molar-refractivity contribution in [1.29, 1.82) is 0 Å². The second-order valence-corrected chi connectivity index (χ2v) is 5.91. The van der Waals surface area contributed by atoms with Gasteiger partial charge in [-0.15, -0.1) is 0 Å². The fourth-order valence-electron chi connectivity index (χ4n) is 2.35. The SMILES string of the molecule is COCCOc1ncccc1NC(=O)CCNc1ccc(C(F)(F)F)cc1[N+](=O)[O-]. The molecule has 9 nitrogen and oxygen atoms in total. The average Bonchev–Trinajstić information content (AvgIpc) is 2.68. The van der Waals surface area contributed by atoms with Gasteiger partial charge in [-0.1, -0.05) is 0 Å². The fraction of sp³-hybridized carbons (Fsp3) is 0.333. The number of carbonyl (C=O) groups excluding carboxylic acids is 1. The standard InChI is InChI=1S/C18H19F3N4O5/c1-29-9-10-30-17-14(3-2-7-23-17)24-16(26)6-8-22-13-5-4-12(18(19,20)21)11-15(13)25(27)28/h2-5,7,11,22H,6,8-10H2,1H3,(H,24,26). The van der Waals surface area contributed by atoms with E-state index in [1.807, 2.05) is 0 Å². The quantitative estimate of drug-likeness (QED) is 0.338. The Morgan fingerprint density at radius 1 is 1.23 bits per heavy atom. The minimum absolute atomic E-state index is 0.0435. The van der Waals surface area contributed by atoms with Crippen LogP contribution in [0.4, 0.5) is 30.2 Å². The molecule has 0 fully saturated rings. The smallest absolute Gasteiger partial charge is 0.416 e. The van der Waals surface area contributed by atoms with Crippen molar-refractivity contribution in [2.24, 2.45) is 0 Å². The molecular formula is C18H19F3N4O5. The van der Waals surface area contributed by atoms with Crippen molar-refractivity contribution in [3.05, 3.63) is 52.2 Å². The van der Waals surface area contributed by atoms with Gasteiger partial charge >= 0.3 is 6.18 Å². The number of anilines is 2. The second kappa shape index (κ2) is 10.4. The summed E-state index contributed by atoms with van der Waals surface area (Å²) in [6.45, 7) is 0.521. The molecule has 0 aliphatic carbocycles. The van der Waals surface area contributed by atoms with Crippen molar-refractivity contribution in [3.8, 4) is 5.88 Å². The molecule has 0 atom stereocenters. The highest BCUT2D eigenvalue weighted by atomic mass is 19.4. The molecule has 0 aliphatic heterocycles. The second-order valence-electron chi connectivity index (χ2n) is 5.91. The highest BCUT2D eigenvalue weighted by Crippen LogP contribution is 2.34. The lowest BCUT2D eigenvalue weighted by Crippen LogP contribution is -2.18. The molecule has 0 aliphatic rings. The molecule has 0 saturated heterocycles. The van der Waals surface area contributed by atoms with E-state index in [4.69, 9.17) is 9.47 Å². The Balaban J connectivity index is 1.96. The van der Waals surface area contributed by atoms with Crippen LogP contribution in [0.3, 0.4) is 0 Å². The van der Waals surface area contributed by atoms with Gasteiger partial charge in [-0.05, 0) is 24.3 Å². The van der Waals surface area contributed by atoms with Crippen LogP contribution in [0.15, 0.2) is 36.5 Å². The van der Waals surface area contributed by atoms with Crippen LogP contribution < -0.4 is 15.4 Å². The zero-order chi connectivity index (χ0) is 22.1. The molecule has 2 rings (SSSR count). The molecule has 12 heteroatoms. The minimum Gasteiger partial charge on any atom is -0.474 e. The Morgan fingerprint density at radius 3 is 2.67 bits per heavy atom. The zero-order valence-electron chi connectivity index (χ0n) is 15.9. The first-order valence-electron chi connectivity index (χ1n) is 8.68. The molecular weight excluding hydrogens is 409 g/mol. The Labute approximate surface area is 169 Å². The van der Waals surface area contributed by atoms with E-state index in [1.54, 1.807) is 12.1 Å². The lowest BCUT2D eigenvalue weighted by molar-refractivity contribution is -0.384. The van der Waals surface area contributed by atoms with Crippen molar-refractivity contribution in [2.45, 2.75) is 12.6 Å². The van der Waals surface area contributed by atoms with Gasteiger partial charge in [0.15, 0.2) is 0 Å². The third-order valence-electron chi connectivity index (χ3n) is 3.76. The number of carbonyl (C=O) groups is 1. The van der Waals surface area contributed by atoms with Gasteiger partial charge in [0.1, 0.15) is 18.0 Å². The highest BCUT2D eigenvalue weighted by Gasteiger charge is 2.33. The molecule has 0 spiro atoms. The Kier molecular flexibility index (Phi) is 7.92. The Morgan fingerprint density at radius 2 is 2.00 bits per heavy atom. The first-order chi connectivity index (χ1) is 14.2. The number of nitrogens with zero attached hydrogens (tertiary/aromatic N) is 2. The van der Waals surface area contributed by atoms with E-state index in [0.29, 0.717) is 18.4 Å². The van der Waals surface area contributed by atoms with E-state index in [9.17, 15) is 28.1 Å². The number of aromatic nitrogens is 1. The Bertz CT molecular complexity index is 892. The number of methoxy groups -OCH3 is 1. The Hall–Kier alpha value is -3.41. The zero-order valence-corrected chi connectivity index (χ0v) is 15.9. The lowest BCUT2D eigenvalue weighted by Gasteiger charge is -2.12. The maximum absolute atomic E-state index is 12.7. The number of nitro groups is 1. The van der Waals surface area contributed by atoms with Gasteiger partial charge in [0.25, 0.3) is 5.69 Å². The number of benzene rings is 1. The number of hydrogen-bond acceptors (Lipinski definition) is 7. The van der Waals surface area contributed by atoms with Crippen molar-refractivity contribution >= 4 is 23.0 Å². The molecule has 2 aromatic rings. The third kappa shape index (κ3) is 6.58. The van der Waals surface area contributed by atoms with Crippen molar-refractivity contribution in [1.82, 2.24) is 4.98 Å². The number of amides is 1. The summed E-state index contributed by atoms with van der Waals surface area (Å²) in [6, 6.07) is 5.32. The monoisotopic (exact) mass is 428 g/mol. The largest absolute Gasteiger partial charge is 0.474 e. The highest BCUT2D eigenvalue weighted by molar-refractivity contribution is 5.92. The summed E-state index contributed by atoms with van der Waals surface area (Å²) >= 11 is 0. The van der Waals surface area contributed by atoms with Crippen LogP contribution in [0.25, 0.3) is 0 Å². The molecule has 30 heavy (non-hydrogen) atoms. The first kappa shape index (κ1) is 22.9. The van der Waals surface area contributed by atoms with Crippen molar-refractivity contribution in [2.75, 3.05) is 37.5 Å². The number of pyridine rings is 1. The average molecular weight is 428 g/mol.